The minimum absolute atomic E-state index is 0.608. The minimum Gasteiger partial charge on any atom is -0.455 e. The van der Waals surface area contributed by atoms with Crippen molar-refractivity contribution in [3.8, 4) is 77.9 Å². The van der Waals surface area contributed by atoms with Gasteiger partial charge in [-0.1, -0.05) is 437 Å². The highest BCUT2D eigenvalue weighted by atomic mass is 16.3. The summed E-state index contributed by atoms with van der Waals surface area (Å²) in [6.07, 6.45) is 0. The van der Waals surface area contributed by atoms with Crippen LogP contribution < -0.4 is 9.80 Å². The molecule has 3 heteroatoms. The summed E-state index contributed by atoms with van der Waals surface area (Å²) in [5, 5.41) is 2.12. The molecule has 1 unspecified atom stereocenters. The van der Waals surface area contributed by atoms with Crippen LogP contribution in [0.5, 0.6) is 0 Å². The van der Waals surface area contributed by atoms with Gasteiger partial charge < -0.3 is 14.2 Å². The zero-order valence-electron chi connectivity index (χ0n) is 73.0. The second-order valence-corrected chi connectivity index (χ2v) is 35.9. The van der Waals surface area contributed by atoms with E-state index in [2.05, 4.69) is 532 Å². The maximum absolute atomic E-state index is 7.16. The third kappa shape index (κ3) is 11.6. The third-order valence-electron chi connectivity index (χ3n) is 29.4. The molecule has 4 aliphatic carbocycles. The molecule has 622 valence electrons. The molecule has 0 radical (unpaired) electrons. The molecule has 0 N–H and O–H groups in total. The van der Waals surface area contributed by atoms with Crippen LogP contribution in [-0.2, 0) is 21.7 Å². The van der Waals surface area contributed by atoms with Crippen LogP contribution in [0.15, 0.2) is 526 Å². The molecule has 1 heterocycles. The van der Waals surface area contributed by atoms with E-state index in [-0.39, 0.29) is 0 Å². The lowest BCUT2D eigenvalue weighted by Crippen LogP contribution is -2.29. The molecule has 4 aliphatic rings. The molecular weight excluding hydrogens is 1610 g/mol. The standard InChI is InChI=1S/C130H86N2O/c1-9-35-87(36-10-1)90-37-33-52-101(81-90)132(104-74-78-113-109-55-27-31-61-119(109)129(123(113)85-104,96-46-19-6-20-47-96)97-48-21-7-22-49-97)105-75-79-114-110-56-28-32-62-120(110)130(124(114)86-105,98-50-23-8-24-51-98)99-68-63-89(64-69-99)106-57-34-58-115-116-82-91(67-80-125(116)133-126(106)115)88-65-70-100(71-66-88)131(102-72-76-111-107-53-25-29-59-117(107)127(121(111)83-102,92-38-11-2-12-39-92)93-40-13-3-14-41-93)103-73-77-112-108-54-26-30-60-118(108)128(122(112)84-103,94-42-15-4-16-43-94)95-44-17-5-18-45-95/h1-86H. The lowest BCUT2D eigenvalue weighted by molar-refractivity contribution is 0.670. The average Bonchev–Trinajstić information content (AvgIpc) is 1.55. The maximum atomic E-state index is 7.16. The first-order chi connectivity index (χ1) is 65.9. The molecular formula is C130H86N2O. The highest BCUT2D eigenvalue weighted by Gasteiger charge is 2.52. The van der Waals surface area contributed by atoms with Gasteiger partial charge in [-0.25, -0.2) is 0 Å². The van der Waals surface area contributed by atoms with Crippen molar-refractivity contribution >= 4 is 56.1 Å². The maximum Gasteiger partial charge on any atom is 0.143 e. The van der Waals surface area contributed by atoms with Crippen LogP contribution in [0.3, 0.4) is 0 Å². The summed E-state index contributed by atoms with van der Waals surface area (Å²) >= 11 is 0. The molecule has 22 aromatic rings. The fourth-order valence-corrected chi connectivity index (χ4v) is 23.9. The van der Waals surface area contributed by atoms with E-state index in [1.54, 1.807) is 0 Å². The molecule has 0 saturated carbocycles. The number of rotatable bonds is 17. The molecule has 1 atom stereocenters. The van der Waals surface area contributed by atoms with Crippen LogP contribution >= 0.6 is 0 Å². The van der Waals surface area contributed by atoms with E-state index in [9.17, 15) is 0 Å². The number of fused-ring (bicyclic) bond motifs is 15. The minimum atomic E-state index is -0.743. The Morgan fingerprint density at radius 3 is 0.767 bits per heavy atom. The van der Waals surface area contributed by atoms with Gasteiger partial charge in [0.15, 0.2) is 0 Å². The van der Waals surface area contributed by atoms with E-state index in [1.807, 2.05) is 0 Å². The molecule has 0 bridgehead atoms. The van der Waals surface area contributed by atoms with Gasteiger partial charge in [0.2, 0.25) is 0 Å². The third-order valence-corrected chi connectivity index (χ3v) is 29.4. The van der Waals surface area contributed by atoms with Crippen LogP contribution in [0, 0.1) is 0 Å². The number of benzene rings is 21. The predicted octanol–water partition coefficient (Wildman–Crippen LogP) is 33.0. The lowest BCUT2D eigenvalue weighted by atomic mass is 9.67. The first-order valence-corrected chi connectivity index (χ1v) is 46.2. The smallest absolute Gasteiger partial charge is 0.143 e. The summed E-state index contributed by atoms with van der Waals surface area (Å²) in [5.74, 6) is 0. The normalized spacial score (nSPS) is 14.5. The molecule has 0 fully saturated rings. The summed E-state index contributed by atoms with van der Waals surface area (Å²) in [4.78, 5) is 5.01. The van der Waals surface area contributed by atoms with Crippen molar-refractivity contribution in [1.82, 2.24) is 0 Å². The van der Waals surface area contributed by atoms with Crippen LogP contribution in [0.4, 0.5) is 34.1 Å². The molecule has 0 aliphatic heterocycles. The fraction of sp³-hybridized carbons (Fsp3) is 0.0308. The van der Waals surface area contributed by atoms with E-state index in [0.29, 0.717) is 0 Å². The van der Waals surface area contributed by atoms with Crippen LogP contribution in [0.2, 0.25) is 0 Å². The van der Waals surface area contributed by atoms with Gasteiger partial charge in [0.05, 0.1) is 21.7 Å². The Bertz CT molecular complexity index is 7980. The highest BCUT2D eigenvalue weighted by Crippen LogP contribution is 2.64. The predicted molar refractivity (Wildman–Crippen MR) is 549 cm³/mol. The second kappa shape index (κ2) is 30.9. The Hall–Kier alpha value is -17.0. The topological polar surface area (TPSA) is 19.6 Å². The van der Waals surface area contributed by atoms with Gasteiger partial charge in [0.1, 0.15) is 11.2 Å². The first kappa shape index (κ1) is 77.2. The monoisotopic (exact) mass is 1690 g/mol. The van der Waals surface area contributed by atoms with E-state index >= 15 is 0 Å². The van der Waals surface area contributed by atoms with Crippen molar-refractivity contribution in [2.24, 2.45) is 0 Å². The fourth-order valence-electron chi connectivity index (χ4n) is 23.9. The molecule has 21 aromatic carbocycles. The molecule has 133 heavy (non-hydrogen) atoms. The zero-order chi connectivity index (χ0) is 87.8. The Morgan fingerprint density at radius 1 is 0.143 bits per heavy atom. The van der Waals surface area contributed by atoms with Crippen LogP contribution in [-0.4, -0.2) is 0 Å². The van der Waals surface area contributed by atoms with Gasteiger partial charge in [-0.3, -0.25) is 0 Å². The van der Waals surface area contributed by atoms with Crippen molar-refractivity contribution in [2.45, 2.75) is 21.7 Å². The van der Waals surface area contributed by atoms with Crippen LogP contribution in [0.25, 0.3) is 99.8 Å². The molecule has 26 rings (SSSR count). The first-order valence-electron chi connectivity index (χ1n) is 46.2. The number of hydrogen-bond acceptors (Lipinski definition) is 3. The van der Waals surface area contributed by atoms with E-state index in [0.717, 1.165) is 89.4 Å². The zero-order valence-corrected chi connectivity index (χ0v) is 73.0. The number of nitrogens with zero attached hydrogens (tertiary/aromatic N) is 2. The Kier molecular flexibility index (Phi) is 17.9. The molecule has 3 nitrogen and oxygen atoms in total. The Balaban J connectivity index is 0.592. The van der Waals surface area contributed by atoms with Gasteiger partial charge >= 0.3 is 0 Å². The molecule has 1 aromatic heterocycles. The van der Waals surface area contributed by atoms with Crippen molar-refractivity contribution in [3.05, 3.63) is 611 Å². The highest BCUT2D eigenvalue weighted by molar-refractivity contribution is 6.11. The average molecular weight is 1690 g/mol. The summed E-state index contributed by atoms with van der Waals surface area (Å²) in [6.45, 7) is 0. The van der Waals surface area contributed by atoms with E-state index in [1.165, 1.54) is 134 Å². The van der Waals surface area contributed by atoms with Gasteiger partial charge in [-0.05, 0) is 246 Å². The Labute approximate surface area is 775 Å². The number of furan rings is 1. The van der Waals surface area contributed by atoms with Gasteiger partial charge in [-0.2, -0.15) is 0 Å². The molecule has 0 spiro atoms. The number of anilines is 6. The largest absolute Gasteiger partial charge is 0.455 e. The lowest BCUT2D eigenvalue weighted by Gasteiger charge is -2.36. The summed E-state index contributed by atoms with van der Waals surface area (Å²) in [7, 11) is 0. The van der Waals surface area contributed by atoms with Gasteiger partial charge in [-0.15, -0.1) is 0 Å². The molecule has 0 saturated heterocycles. The second-order valence-electron chi connectivity index (χ2n) is 35.9. The SMILES string of the molecule is c1ccc(-c2cccc(N(c3ccc4c(c3)C(c3ccccc3)(c3ccccc3)c3ccccc3-4)c3ccc4c(c3)C(c3ccccc3)(c3ccc(-c5cccc6c5oc5ccc(-c7ccc(N(c8ccc9c(c8)C(c8ccccc8)(c8ccccc8)c8ccccc8-9)c8ccc9c(c8)C(c8ccccc8)(c8ccccc8)c8ccccc8-9)cc7)cc56)cc3)c3ccccc3-4)c2)cc1. The van der Waals surface area contributed by atoms with Crippen molar-refractivity contribution in [1.29, 1.82) is 0 Å². The summed E-state index contributed by atoms with van der Waals surface area (Å²) in [6, 6.07) is 195. The van der Waals surface area contributed by atoms with Crippen molar-refractivity contribution in [2.75, 3.05) is 9.80 Å². The Morgan fingerprint density at radius 2 is 0.398 bits per heavy atom. The number of hydrogen-bond donors (Lipinski definition) is 0. The van der Waals surface area contributed by atoms with Crippen molar-refractivity contribution in [3.63, 3.8) is 0 Å². The molecule has 0 amide bonds. The van der Waals surface area contributed by atoms with Crippen LogP contribution in [0.1, 0.15) is 89.0 Å². The quantitative estimate of drug-likeness (QED) is 0.0906. The van der Waals surface area contributed by atoms with Gasteiger partial charge in [0.25, 0.3) is 0 Å². The van der Waals surface area contributed by atoms with Gasteiger partial charge in [0, 0.05) is 50.5 Å². The van der Waals surface area contributed by atoms with E-state index < -0.39 is 21.7 Å². The van der Waals surface area contributed by atoms with E-state index in [4.69, 9.17) is 4.42 Å². The number of para-hydroxylation sites is 1. The summed E-state index contributed by atoms with van der Waals surface area (Å²) in [5.41, 5.74) is 41.7. The summed E-state index contributed by atoms with van der Waals surface area (Å²) < 4.78 is 7.16. The van der Waals surface area contributed by atoms with Crippen molar-refractivity contribution < 1.29 is 4.42 Å².